The van der Waals surface area contributed by atoms with E-state index in [1.807, 2.05) is 27.7 Å². The molecule has 1 unspecified atom stereocenters. The summed E-state index contributed by atoms with van der Waals surface area (Å²) in [6, 6.07) is -1.79. The molecule has 8 N–H and O–H groups in total. The largest absolute Gasteiger partial charge is 0.394 e. The Balaban J connectivity index is 0.000000540. The second-order valence-electron chi connectivity index (χ2n) is 15.3. The molecule has 0 aromatic rings. The van der Waals surface area contributed by atoms with Crippen molar-refractivity contribution in [3.05, 3.63) is 0 Å². The molecule has 2 aliphatic heterocycles. The highest BCUT2D eigenvalue weighted by Gasteiger charge is 2.37. The molecular formula is C38H70N6O10. The number of hydrogen-bond acceptors (Lipinski definition) is 10. The van der Waals surface area contributed by atoms with Gasteiger partial charge in [0, 0.05) is 37.8 Å². The quantitative estimate of drug-likeness (QED) is 0.0455. The smallest absolute Gasteiger partial charge is 0.245 e. The number of carbonyl (C=O) groups is 6. The third-order valence-electron chi connectivity index (χ3n) is 10.4. The van der Waals surface area contributed by atoms with Crippen LogP contribution in [0.25, 0.3) is 0 Å². The van der Waals surface area contributed by atoms with Gasteiger partial charge in [-0.3, -0.25) is 39.2 Å². The van der Waals surface area contributed by atoms with Crippen molar-refractivity contribution >= 4 is 35.4 Å². The highest BCUT2D eigenvalue weighted by atomic mass is 16.5. The van der Waals surface area contributed by atoms with Gasteiger partial charge in [0.2, 0.25) is 35.4 Å². The summed E-state index contributed by atoms with van der Waals surface area (Å²) in [7, 11) is 0. The van der Waals surface area contributed by atoms with Gasteiger partial charge in [0.25, 0.3) is 0 Å². The Morgan fingerprint density at radius 3 is 1.24 bits per heavy atom. The predicted molar refractivity (Wildman–Crippen MR) is 202 cm³/mol. The van der Waals surface area contributed by atoms with Crippen molar-refractivity contribution in [2.24, 2.45) is 23.7 Å². The standard InChI is InChI=1S/2C19H35N3O5/c2*1-4-5-6-8-14(11-16(24)21-27)18(25)20-17(13(2)3)19(26)22-10-7-9-15(22)12-23/h2*13-15,17,23,27H,4-12H2,1-3H3,(H,20,25)(H,21,24)/t14?,15-,17-;14-,15-,17-/m00/s1. The second-order valence-corrected chi connectivity index (χ2v) is 15.3. The Hall–Kier alpha value is -3.34. The van der Waals surface area contributed by atoms with Gasteiger partial charge in [-0.2, -0.15) is 0 Å². The first-order chi connectivity index (χ1) is 25.7. The molecule has 2 heterocycles. The van der Waals surface area contributed by atoms with Crippen LogP contribution in [0.15, 0.2) is 0 Å². The van der Waals surface area contributed by atoms with Crippen LogP contribution in [0.2, 0.25) is 0 Å². The van der Waals surface area contributed by atoms with Crippen LogP contribution in [-0.2, 0) is 28.8 Å². The molecule has 2 fully saturated rings. The molecule has 0 aliphatic carbocycles. The number of rotatable bonds is 22. The number of unbranched alkanes of at least 4 members (excludes halogenated alkanes) is 4. The van der Waals surface area contributed by atoms with Crippen LogP contribution in [0.3, 0.4) is 0 Å². The van der Waals surface area contributed by atoms with Crippen molar-refractivity contribution in [1.29, 1.82) is 0 Å². The van der Waals surface area contributed by atoms with Crippen LogP contribution in [0, 0.1) is 23.7 Å². The average Bonchev–Trinajstić information content (AvgIpc) is 3.84. The fourth-order valence-corrected chi connectivity index (χ4v) is 7.03. The lowest BCUT2D eigenvalue weighted by Crippen LogP contribution is -2.54. The Kier molecular flexibility index (Phi) is 23.9. The lowest BCUT2D eigenvalue weighted by Gasteiger charge is -2.31. The van der Waals surface area contributed by atoms with Crippen LogP contribution in [0.5, 0.6) is 0 Å². The van der Waals surface area contributed by atoms with E-state index in [9.17, 15) is 39.0 Å². The maximum Gasteiger partial charge on any atom is 0.245 e. The first kappa shape index (κ1) is 48.7. The molecule has 16 nitrogen and oxygen atoms in total. The van der Waals surface area contributed by atoms with E-state index in [2.05, 4.69) is 24.5 Å². The topological polar surface area (TPSA) is 238 Å². The number of likely N-dealkylation sites (tertiary alicyclic amines) is 2. The highest BCUT2D eigenvalue weighted by molar-refractivity contribution is 5.92. The van der Waals surface area contributed by atoms with Crippen LogP contribution in [0.4, 0.5) is 0 Å². The second kappa shape index (κ2) is 26.5. The Morgan fingerprint density at radius 1 is 0.611 bits per heavy atom. The van der Waals surface area contributed by atoms with Gasteiger partial charge in [0.1, 0.15) is 12.1 Å². The van der Waals surface area contributed by atoms with E-state index in [1.165, 1.54) is 0 Å². The lowest BCUT2D eigenvalue weighted by atomic mass is 9.94. The van der Waals surface area contributed by atoms with E-state index in [-0.39, 0.29) is 73.6 Å². The van der Waals surface area contributed by atoms with Crippen molar-refractivity contribution in [2.45, 2.75) is 156 Å². The molecule has 0 radical (unpaired) electrons. The first-order valence-corrected chi connectivity index (χ1v) is 20.0. The molecule has 0 aromatic heterocycles. The fourth-order valence-electron chi connectivity index (χ4n) is 7.03. The van der Waals surface area contributed by atoms with Crippen molar-refractivity contribution in [2.75, 3.05) is 26.3 Å². The van der Waals surface area contributed by atoms with Crippen molar-refractivity contribution in [1.82, 2.24) is 31.4 Å². The molecule has 0 spiro atoms. The van der Waals surface area contributed by atoms with Gasteiger partial charge in [0.05, 0.1) is 25.3 Å². The number of nitrogens with one attached hydrogen (secondary N) is 4. The normalized spacial score (nSPS) is 19.0. The van der Waals surface area contributed by atoms with Gasteiger partial charge in [-0.05, 0) is 50.4 Å². The number of aliphatic hydroxyl groups excluding tert-OH is 2. The molecule has 54 heavy (non-hydrogen) atoms. The summed E-state index contributed by atoms with van der Waals surface area (Å²) in [6.45, 7) is 12.5. The molecule has 2 aliphatic rings. The van der Waals surface area contributed by atoms with Crippen LogP contribution < -0.4 is 21.6 Å². The SMILES string of the molecule is CCCCCC(CC(=O)NO)C(=O)N[C@H](C(=O)N1CCC[C@H]1CO)C(C)C.CCCCC[C@@H](CC(=O)NO)C(=O)N[C@H](C(=O)N1CCC[C@H]1CO)C(C)C. The number of nitrogens with zero attached hydrogens (tertiary/aromatic N) is 2. The molecule has 2 saturated heterocycles. The van der Waals surface area contributed by atoms with Gasteiger partial charge < -0.3 is 30.6 Å². The van der Waals surface area contributed by atoms with E-state index in [0.717, 1.165) is 64.2 Å². The minimum atomic E-state index is -0.699. The number of carbonyl (C=O) groups excluding carboxylic acids is 6. The Labute approximate surface area is 321 Å². The number of hydrogen-bond donors (Lipinski definition) is 8. The summed E-state index contributed by atoms with van der Waals surface area (Å²) < 4.78 is 0. The number of hydroxylamine groups is 2. The minimum Gasteiger partial charge on any atom is -0.394 e. The summed E-state index contributed by atoms with van der Waals surface area (Å²) in [5.41, 5.74) is 3.15. The average molecular weight is 771 g/mol. The summed E-state index contributed by atoms with van der Waals surface area (Å²) in [5, 5.41) is 42.1. The van der Waals surface area contributed by atoms with Gasteiger partial charge in [-0.15, -0.1) is 0 Å². The predicted octanol–water partition coefficient (Wildman–Crippen LogP) is 2.41. The molecule has 0 aromatic carbocycles. The van der Waals surface area contributed by atoms with Gasteiger partial charge in [-0.1, -0.05) is 80.1 Å². The summed E-state index contributed by atoms with van der Waals surface area (Å²) in [5.74, 6) is -3.72. The molecule has 6 atom stereocenters. The molecule has 312 valence electrons. The number of aliphatic hydroxyl groups is 2. The third-order valence-corrected chi connectivity index (χ3v) is 10.4. The molecule has 16 heteroatoms. The van der Waals surface area contributed by atoms with Crippen molar-refractivity contribution in [3.63, 3.8) is 0 Å². The van der Waals surface area contributed by atoms with Gasteiger partial charge in [-0.25, -0.2) is 11.0 Å². The summed E-state index contributed by atoms with van der Waals surface area (Å²) in [6.07, 6.45) is 9.49. The molecular weight excluding hydrogens is 700 g/mol. The van der Waals surface area contributed by atoms with Crippen LogP contribution in [-0.4, -0.2) is 116 Å². The minimum absolute atomic E-state index is 0.0825. The van der Waals surface area contributed by atoms with Gasteiger partial charge in [0.15, 0.2) is 0 Å². The fraction of sp³-hybridized carbons (Fsp3) is 0.842. The van der Waals surface area contributed by atoms with Crippen molar-refractivity contribution < 1.29 is 49.4 Å². The molecule has 6 amide bonds. The van der Waals surface area contributed by atoms with E-state index in [0.29, 0.717) is 25.9 Å². The zero-order valence-corrected chi connectivity index (χ0v) is 33.5. The van der Waals surface area contributed by atoms with Gasteiger partial charge >= 0.3 is 0 Å². The number of amides is 6. The van der Waals surface area contributed by atoms with E-state index < -0.39 is 35.7 Å². The summed E-state index contributed by atoms with van der Waals surface area (Å²) in [4.78, 5) is 77.9. The highest BCUT2D eigenvalue weighted by Crippen LogP contribution is 2.23. The zero-order chi connectivity index (χ0) is 40.8. The summed E-state index contributed by atoms with van der Waals surface area (Å²) >= 11 is 0. The molecule has 0 bridgehead atoms. The van der Waals surface area contributed by atoms with E-state index >= 15 is 0 Å². The zero-order valence-electron chi connectivity index (χ0n) is 33.5. The first-order valence-electron chi connectivity index (χ1n) is 20.0. The van der Waals surface area contributed by atoms with E-state index in [4.69, 9.17) is 10.4 Å². The Morgan fingerprint density at radius 2 is 0.963 bits per heavy atom. The van der Waals surface area contributed by atoms with E-state index in [1.54, 1.807) is 20.8 Å². The maximum atomic E-state index is 12.9. The molecule has 0 saturated carbocycles. The van der Waals surface area contributed by atoms with Crippen LogP contribution >= 0.6 is 0 Å². The maximum absolute atomic E-state index is 12.9. The Bertz CT molecular complexity index is 1080. The van der Waals surface area contributed by atoms with Crippen molar-refractivity contribution in [3.8, 4) is 0 Å². The third kappa shape index (κ3) is 16.2. The van der Waals surface area contributed by atoms with Crippen LogP contribution in [0.1, 0.15) is 131 Å². The monoisotopic (exact) mass is 771 g/mol. The molecule has 2 rings (SSSR count). The lowest BCUT2D eigenvalue weighted by molar-refractivity contribution is -0.141.